The van der Waals surface area contributed by atoms with Gasteiger partial charge in [-0.05, 0) is 17.7 Å². The third kappa shape index (κ3) is 1.83. The van der Waals surface area contributed by atoms with Gasteiger partial charge in [-0.2, -0.15) is 0 Å². The van der Waals surface area contributed by atoms with Gasteiger partial charge in [0.25, 0.3) is 0 Å². The molecule has 0 unspecified atom stereocenters. The van der Waals surface area contributed by atoms with Gasteiger partial charge in [0, 0.05) is 16.1 Å². The second-order valence-corrected chi connectivity index (χ2v) is 4.15. The highest BCUT2D eigenvalue weighted by Gasteiger charge is 2.10. The number of halogens is 1. The second-order valence-electron chi connectivity index (χ2n) is 3.23. The number of hydrogen-bond acceptors (Lipinski definition) is 2. The SMILES string of the molecule is O=C(O)Cc1c[nH]c2c(O)cc(Br)cc12. The molecule has 0 amide bonds. The molecule has 2 aromatic rings. The average Bonchev–Trinajstić information content (AvgIpc) is 2.48. The topological polar surface area (TPSA) is 73.3 Å². The molecule has 0 bridgehead atoms. The molecule has 4 nitrogen and oxygen atoms in total. The number of fused-ring (bicyclic) bond motifs is 1. The Labute approximate surface area is 93.7 Å². The maximum Gasteiger partial charge on any atom is 0.307 e. The Balaban J connectivity index is 2.63. The summed E-state index contributed by atoms with van der Waals surface area (Å²) in [6, 6.07) is 3.34. The predicted octanol–water partition coefficient (Wildman–Crippen LogP) is 2.26. The Morgan fingerprint density at radius 3 is 2.87 bits per heavy atom. The van der Waals surface area contributed by atoms with Gasteiger partial charge >= 0.3 is 5.97 Å². The van der Waals surface area contributed by atoms with Gasteiger partial charge in [-0.25, -0.2) is 0 Å². The van der Waals surface area contributed by atoms with Crippen LogP contribution in [-0.2, 0) is 11.2 Å². The number of nitrogens with one attached hydrogen (secondary N) is 1. The zero-order valence-corrected chi connectivity index (χ0v) is 9.21. The molecule has 2 rings (SSSR count). The molecular weight excluding hydrogens is 262 g/mol. The number of carbonyl (C=O) groups is 1. The number of aromatic hydroxyl groups is 1. The summed E-state index contributed by atoms with van der Waals surface area (Å²) in [6.45, 7) is 0. The lowest BCUT2D eigenvalue weighted by atomic mass is 10.1. The van der Waals surface area contributed by atoms with Gasteiger partial charge in [-0.15, -0.1) is 0 Å². The van der Waals surface area contributed by atoms with E-state index in [1.54, 1.807) is 18.3 Å². The van der Waals surface area contributed by atoms with Crippen LogP contribution in [0.4, 0.5) is 0 Å². The van der Waals surface area contributed by atoms with Crippen molar-refractivity contribution < 1.29 is 15.0 Å². The first-order valence-corrected chi connectivity index (χ1v) is 5.07. The molecule has 15 heavy (non-hydrogen) atoms. The fourth-order valence-corrected chi connectivity index (χ4v) is 1.99. The van der Waals surface area contributed by atoms with Crippen LogP contribution in [0.3, 0.4) is 0 Å². The highest BCUT2D eigenvalue weighted by molar-refractivity contribution is 9.10. The number of aromatic amines is 1. The normalized spacial score (nSPS) is 10.7. The van der Waals surface area contributed by atoms with Crippen molar-refractivity contribution >= 4 is 32.8 Å². The Morgan fingerprint density at radius 2 is 2.20 bits per heavy atom. The quantitative estimate of drug-likeness (QED) is 0.783. The zero-order valence-electron chi connectivity index (χ0n) is 7.62. The number of carboxylic acid groups (broad SMARTS) is 1. The summed E-state index contributed by atoms with van der Waals surface area (Å²) in [4.78, 5) is 13.4. The number of H-pyrrole nitrogens is 1. The summed E-state index contributed by atoms with van der Waals surface area (Å²) in [5.74, 6) is -0.786. The number of aromatic nitrogens is 1. The van der Waals surface area contributed by atoms with E-state index in [0.717, 1.165) is 9.86 Å². The Hall–Kier alpha value is -1.49. The van der Waals surface area contributed by atoms with Crippen LogP contribution in [0.1, 0.15) is 5.56 Å². The minimum atomic E-state index is -0.893. The number of phenols is 1. The molecule has 1 aromatic heterocycles. The Bertz CT molecular complexity index is 533. The lowest BCUT2D eigenvalue weighted by molar-refractivity contribution is -0.136. The maximum atomic E-state index is 10.6. The number of benzene rings is 1. The average molecular weight is 270 g/mol. The van der Waals surface area contributed by atoms with Crippen LogP contribution < -0.4 is 0 Å². The summed E-state index contributed by atoms with van der Waals surface area (Å²) in [6.07, 6.45) is 1.54. The molecule has 0 saturated carbocycles. The molecule has 78 valence electrons. The van der Waals surface area contributed by atoms with Gasteiger partial charge in [-0.1, -0.05) is 15.9 Å². The van der Waals surface area contributed by atoms with Crippen molar-refractivity contribution in [3.05, 3.63) is 28.4 Å². The van der Waals surface area contributed by atoms with E-state index in [2.05, 4.69) is 20.9 Å². The highest BCUT2D eigenvalue weighted by atomic mass is 79.9. The molecule has 0 atom stereocenters. The van der Waals surface area contributed by atoms with E-state index in [1.807, 2.05) is 0 Å². The summed E-state index contributed by atoms with van der Waals surface area (Å²) >= 11 is 3.25. The fourth-order valence-electron chi connectivity index (χ4n) is 1.54. The van der Waals surface area contributed by atoms with Crippen LogP contribution in [0.15, 0.2) is 22.8 Å². The number of rotatable bonds is 2. The first-order chi connectivity index (χ1) is 7.08. The van der Waals surface area contributed by atoms with Crippen molar-refractivity contribution in [3.63, 3.8) is 0 Å². The third-order valence-corrected chi connectivity index (χ3v) is 2.62. The highest BCUT2D eigenvalue weighted by Crippen LogP contribution is 2.30. The monoisotopic (exact) mass is 269 g/mol. The van der Waals surface area contributed by atoms with E-state index in [0.29, 0.717) is 11.1 Å². The third-order valence-electron chi connectivity index (χ3n) is 2.16. The predicted molar refractivity (Wildman–Crippen MR) is 59.0 cm³/mol. The van der Waals surface area contributed by atoms with Crippen molar-refractivity contribution in [2.24, 2.45) is 0 Å². The lowest BCUT2D eigenvalue weighted by Gasteiger charge is -1.98. The van der Waals surface area contributed by atoms with Crippen LogP contribution in [0.25, 0.3) is 10.9 Å². The van der Waals surface area contributed by atoms with Crippen molar-refractivity contribution in [1.29, 1.82) is 0 Å². The molecule has 0 aliphatic heterocycles. The van der Waals surface area contributed by atoms with Crippen LogP contribution in [0.2, 0.25) is 0 Å². The summed E-state index contributed by atoms with van der Waals surface area (Å²) in [5.41, 5.74) is 1.23. The largest absolute Gasteiger partial charge is 0.506 e. The first kappa shape index (κ1) is 10.0. The molecule has 0 aliphatic carbocycles. The van der Waals surface area contributed by atoms with E-state index >= 15 is 0 Å². The van der Waals surface area contributed by atoms with Crippen LogP contribution in [0, 0.1) is 0 Å². The van der Waals surface area contributed by atoms with Gasteiger partial charge in [-0.3, -0.25) is 4.79 Å². The molecule has 1 heterocycles. The summed E-state index contributed by atoms with van der Waals surface area (Å²) in [5, 5.41) is 19.0. The van der Waals surface area contributed by atoms with Crippen LogP contribution in [-0.4, -0.2) is 21.2 Å². The van der Waals surface area contributed by atoms with E-state index < -0.39 is 5.97 Å². The molecule has 0 saturated heterocycles. The van der Waals surface area contributed by atoms with Crippen LogP contribution in [0.5, 0.6) is 5.75 Å². The molecular formula is C10H8BrNO3. The minimum Gasteiger partial charge on any atom is -0.506 e. The Kier molecular flexibility index (Phi) is 2.40. The van der Waals surface area contributed by atoms with Gasteiger partial charge in [0.2, 0.25) is 0 Å². The number of carboxylic acids is 1. The molecule has 0 radical (unpaired) electrons. The summed E-state index contributed by atoms with van der Waals surface area (Å²) < 4.78 is 0.721. The number of hydrogen-bond donors (Lipinski definition) is 3. The van der Waals surface area contributed by atoms with E-state index in [4.69, 9.17) is 5.11 Å². The minimum absolute atomic E-state index is 0.0596. The van der Waals surface area contributed by atoms with E-state index in [9.17, 15) is 9.90 Å². The first-order valence-electron chi connectivity index (χ1n) is 4.28. The Morgan fingerprint density at radius 1 is 1.47 bits per heavy atom. The number of phenolic OH excluding ortho intramolecular Hbond substituents is 1. The summed E-state index contributed by atoms with van der Waals surface area (Å²) in [7, 11) is 0. The standard InChI is InChI=1S/C10H8BrNO3/c11-6-2-7-5(1-9(14)15)4-12-10(7)8(13)3-6/h2-4,12-13H,1H2,(H,14,15). The molecule has 0 aliphatic rings. The smallest absolute Gasteiger partial charge is 0.307 e. The number of aliphatic carboxylic acids is 1. The lowest BCUT2D eigenvalue weighted by Crippen LogP contribution is -1.98. The van der Waals surface area contributed by atoms with Crippen molar-refractivity contribution in [1.82, 2.24) is 4.98 Å². The van der Waals surface area contributed by atoms with Gasteiger partial charge in [0.1, 0.15) is 5.75 Å². The zero-order chi connectivity index (χ0) is 11.0. The molecule has 1 aromatic carbocycles. The van der Waals surface area contributed by atoms with E-state index in [1.165, 1.54) is 0 Å². The fraction of sp³-hybridized carbons (Fsp3) is 0.100. The molecule has 0 spiro atoms. The van der Waals surface area contributed by atoms with Crippen molar-refractivity contribution in [3.8, 4) is 5.75 Å². The maximum absolute atomic E-state index is 10.6. The van der Waals surface area contributed by atoms with Gasteiger partial charge in [0.15, 0.2) is 0 Å². The van der Waals surface area contributed by atoms with Crippen LogP contribution >= 0.6 is 15.9 Å². The van der Waals surface area contributed by atoms with Gasteiger partial charge < -0.3 is 15.2 Å². The van der Waals surface area contributed by atoms with Crippen molar-refractivity contribution in [2.75, 3.05) is 0 Å². The van der Waals surface area contributed by atoms with E-state index in [-0.39, 0.29) is 12.2 Å². The molecule has 0 fully saturated rings. The van der Waals surface area contributed by atoms with Gasteiger partial charge in [0.05, 0.1) is 11.9 Å². The molecule has 3 N–H and O–H groups in total. The molecule has 5 heteroatoms. The second kappa shape index (κ2) is 3.58. The van der Waals surface area contributed by atoms with Crippen molar-refractivity contribution in [2.45, 2.75) is 6.42 Å².